The number of anilines is 1. The summed E-state index contributed by atoms with van der Waals surface area (Å²) in [6.07, 6.45) is 3.12. The van der Waals surface area contributed by atoms with Crippen molar-refractivity contribution >= 4 is 51.9 Å². The van der Waals surface area contributed by atoms with E-state index in [1.54, 1.807) is 54.4 Å². The second-order valence-electron chi connectivity index (χ2n) is 5.76. The highest BCUT2D eigenvalue weighted by Gasteiger charge is 2.25. The number of carbonyl (C=O) groups is 1. The van der Waals surface area contributed by atoms with Crippen LogP contribution in [0.4, 0.5) is 11.4 Å². The summed E-state index contributed by atoms with van der Waals surface area (Å²) in [5.41, 5.74) is 1.43. The lowest BCUT2D eigenvalue weighted by molar-refractivity contribution is -0.384. The number of allylic oxidation sites excluding steroid dienone is 2. The Labute approximate surface area is 169 Å². The van der Waals surface area contributed by atoms with Gasteiger partial charge in [-0.3, -0.25) is 14.9 Å². The van der Waals surface area contributed by atoms with Gasteiger partial charge in [-0.05, 0) is 65.9 Å². The molecule has 2 aromatic rings. The molecule has 0 aromatic heterocycles. The number of nitro benzene ring substituents is 1. The standard InChI is InChI=1S/C19H14ClN3O4S/c1-22(14-6-8-16(24)9-7-14)19-21-18(25)17(28-19)11-13(20)10-12-2-4-15(5-3-12)23(26)27/h2-11,24H,1H3. The number of nitro groups is 1. The van der Waals surface area contributed by atoms with Crippen LogP contribution in [0.3, 0.4) is 0 Å². The highest BCUT2D eigenvalue weighted by Crippen LogP contribution is 2.32. The van der Waals surface area contributed by atoms with Gasteiger partial charge in [0.15, 0.2) is 5.17 Å². The first-order valence-electron chi connectivity index (χ1n) is 8.00. The van der Waals surface area contributed by atoms with Crippen LogP contribution in [0.25, 0.3) is 6.08 Å². The van der Waals surface area contributed by atoms with E-state index in [0.29, 0.717) is 20.7 Å². The number of carbonyl (C=O) groups excluding carboxylic acids is 1. The van der Waals surface area contributed by atoms with E-state index >= 15 is 0 Å². The number of non-ortho nitro benzene ring substituents is 1. The van der Waals surface area contributed by atoms with Crippen LogP contribution in [-0.2, 0) is 4.79 Å². The number of hydrogen-bond donors (Lipinski definition) is 1. The topological polar surface area (TPSA) is 96.0 Å². The van der Waals surface area contributed by atoms with Gasteiger partial charge in [0.1, 0.15) is 5.75 Å². The number of aliphatic imine (C=N–C) groups is 1. The molecule has 1 aliphatic heterocycles. The zero-order chi connectivity index (χ0) is 20.3. The number of amidine groups is 1. The fourth-order valence-corrected chi connectivity index (χ4v) is 3.53. The number of rotatable bonds is 4. The SMILES string of the molecule is CN(C1=NC(=O)C(=CC(Cl)=Cc2ccc([N+](=O)[O-])cc2)S1)c1ccc(O)cc1. The lowest BCUT2D eigenvalue weighted by Gasteiger charge is -2.17. The summed E-state index contributed by atoms with van der Waals surface area (Å²) < 4.78 is 0. The third-order valence-electron chi connectivity index (χ3n) is 3.81. The Bertz CT molecular complexity index is 1010. The monoisotopic (exact) mass is 415 g/mol. The number of halogens is 1. The minimum Gasteiger partial charge on any atom is -0.508 e. The number of phenols is 1. The Morgan fingerprint density at radius 2 is 1.86 bits per heavy atom. The molecule has 1 aliphatic rings. The highest BCUT2D eigenvalue weighted by molar-refractivity contribution is 8.18. The van der Waals surface area contributed by atoms with Crippen molar-refractivity contribution in [1.29, 1.82) is 0 Å². The predicted molar refractivity (Wildman–Crippen MR) is 112 cm³/mol. The van der Waals surface area contributed by atoms with Crippen molar-refractivity contribution < 1.29 is 14.8 Å². The Hall–Kier alpha value is -3.10. The van der Waals surface area contributed by atoms with Crippen LogP contribution in [0.2, 0.25) is 0 Å². The van der Waals surface area contributed by atoms with Crippen LogP contribution in [0.5, 0.6) is 5.75 Å². The summed E-state index contributed by atoms with van der Waals surface area (Å²) in [6, 6.07) is 12.4. The van der Waals surface area contributed by atoms with Crippen molar-refractivity contribution in [3.63, 3.8) is 0 Å². The normalized spacial score (nSPS) is 15.6. The highest BCUT2D eigenvalue weighted by atomic mass is 35.5. The van der Waals surface area contributed by atoms with Crippen molar-refractivity contribution in [2.45, 2.75) is 0 Å². The average molecular weight is 416 g/mol. The summed E-state index contributed by atoms with van der Waals surface area (Å²) in [5, 5.41) is 20.9. The molecule has 7 nitrogen and oxygen atoms in total. The van der Waals surface area contributed by atoms with Crippen molar-refractivity contribution in [1.82, 2.24) is 0 Å². The zero-order valence-corrected chi connectivity index (χ0v) is 16.1. The number of thioether (sulfide) groups is 1. The average Bonchev–Trinajstić information content (AvgIpc) is 3.02. The van der Waals surface area contributed by atoms with Gasteiger partial charge >= 0.3 is 0 Å². The summed E-state index contributed by atoms with van der Waals surface area (Å²) in [4.78, 5) is 28.5. The van der Waals surface area contributed by atoms with Crippen LogP contribution in [0.1, 0.15) is 5.56 Å². The maximum Gasteiger partial charge on any atom is 0.286 e. The number of phenolic OH excluding ortho intramolecular Hbond substituents is 1. The van der Waals surface area contributed by atoms with Crippen molar-refractivity contribution in [2.24, 2.45) is 4.99 Å². The van der Waals surface area contributed by atoms with Crippen LogP contribution in [0.15, 0.2) is 69.5 Å². The van der Waals surface area contributed by atoms with Gasteiger partial charge in [-0.15, -0.1) is 0 Å². The van der Waals surface area contributed by atoms with Gasteiger partial charge in [0, 0.05) is 29.9 Å². The molecule has 2 aromatic carbocycles. The van der Waals surface area contributed by atoms with E-state index in [0.717, 1.165) is 5.69 Å². The number of amides is 1. The van der Waals surface area contributed by atoms with Crippen molar-refractivity contribution in [3.05, 3.63) is 80.2 Å². The summed E-state index contributed by atoms with van der Waals surface area (Å²) in [7, 11) is 1.77. The van der Waals surface area contributed by atoms with E-state index in [1.165, 1.54) is 30.0 Å². The predicted octanol–water partition coefficient (Wildman–Crippen LogP) is 4.53. The molecule has 28 heavy (non-hydrogen) atoms. The number of nitrogens with zero attached hydrogens (tertiary/aromatic N) is 3. The Morgan fingerprint density at radius 1 is 1.21 bits per heavy atom. The maximum absolute atomic E-state index is 12.2. The lowest BCUT2D eigenvalue weighted by atomic mass is 10.2. The molecule has 9 heteroatoms. The first-order valence-corrected chi connectivity index (χ1v) is 9.20. The van der Waals surface area contributed by atoms with Gasteiger partial charge in [0.2, 0.25) is 0 Å². The Morgan fingerprint density at radius 3 is 2.46 bits per heavy atom. The van der Waals surface area contributed by atoms with Crippen LogP contribution >= 0.6 is 23.4 Å². The second kappa shape index (κ2) is 8.28. The lowest BCUT2D eigenvalue weighted by Crippen LogP contribution is -2.21. The number of hydrogen-bond acceptors (Lipinski definition) is 6. The molecule has 0 atom stereocenters. The number of benzene rings is 2. The second-order valence-corrected chi connectivity index (χ2v) is 7.21. The molecule has 0 unspecified atom stereocenters. The van der Waals surface area contributed by atoms with Gasteiger partial charge in [-0.1, -0.05) is 11.6 Å². The fraction of sp³-hybridized carbons (Fsp3) is 0.0526. The van der Waals surface area contributed by atoms with Crippen LogP contribution in [0, 0.1) is 10.1 Å². The van der Waals surface area contributed by atoms with E-state index < -0.39 is 10.8 Å². The van der Waals surface area contributed by atoms with E-state index in [-0.39, 0.29) is 11.4 Å². The zero-order valence-electron chi connectivity index (χ0n) is 14.6. The first-order chi connectivity index (χ1) is 13.3. The van der Waals surface area contributed by atoms with Gasteiger partial charge in [0.25, 0.3) is 11.6 Å². The van der Waals surface area contributed by atoms with Gasteiger partial charge in [-0.2, -0.15) is 4.99 Å². The van der Waals surface area contributed by atoms with Crippen LogP contribution < -0.4 is 4.90 Å². The molecule has 1 N–H and O–H groups in total. The largest absolute Gasteiger partial charge is 0.508 e. The van der Waals surface area contributed by atoms with E-state index in [1.807, 2.05) is 0 Å². The molecule has 1 amide bonds. The van der Waals surface area contributed by atoms with Crippen molar-refractivity contribution in [3.8, 4) is 5.75 Å². The first kappa shape index (κ1) is 19.7. The molecule has 0 spiro atoms. The van der Waals surface area contributed by atoms with E-state index in [2.05, 4.69) is 4.99 Å². The fourth-order valence-electron chi connectivity index (χ4n) is 2.35. The quantitative estimate of drug-likeness (QED) is 0.447. The molecule has 0 saturated carbocycles. The molecule has 3 rings (SSSR count). The summed E-state index contributed by atoms with van der Waals surface area (Å²) >= 11 is 7.40. The van der Waals surface area contributed by atoms with Gasteiger partial charge < -0.3 is 10.0 Å². The molecular formula is C19H14ClN3O4S. The van der Waals surface area contributed by atoms with E-state index in [4.69, 9.17) is 11.6 Å². The molecule has 0 aliphatic carbocycles. The third kappa shape index (κ3) is 4.59. The molecule has 142 valence electrons. The third-order valence-corrected chi connectivity index (χ3v) is 5.09. The smallest absolute Gasteiger partial charge is 0.286 e. The minimum absolute atomic E-state index is 0.0107. The van der Waals surface area contributed by atoms with Crippen LogP contribution in [-0.4, -0.2) is 28.2 Å². The van der Waals surface area contributed by atoms with Crippen molar-refractivity contribution in [2.75, 3.05) is 11.9 Å². The Balaban J connectivity index is 1.73. The Kier molecular flexibility index (Phi) is 5.81. The molecule has 0 fully saturated rings. The molecule has 1 heterocycles. The van der Waals surface area contributed by atoms with Gasteiger partial charge in [0.05, 0.1) is 9.83 Å². The summed E-state index contributed by atoms with van der Waals surface area (Å²) in [5.74, 6) is -0.251. The van der Waals surface area contributed by atoms with Gasteiger partial charge in [-0.25, -0.2) is 0 Å². The molecular weight excluding hydrogens is 402 g/mol. The molecule has 0 saturated heterocycles. The van der Waals surface area contributed by atoms with E-state index in [9.17, 15) is 20.0 Å². The number of aromatic hydroxyl groups is 1. The maximum atomic E-state index is 12.2. The molecule has 0 radical (unpaired) electrons. The molecule has 0 bridgehead atoms. The summed E-state index contributed by atoms with van der Waals surface area (Å²) in [6.45, 7) is 0. The minimum atomic E-state index is -0.478.